The average molecular weight is 532 g/mol. The third-order valence-electron chi connectivity index (χ3n) is 7.36. The van der Waals surface area contributed by atoms with E-state index in [-0.39, 0.29) is 11.5 Å². The summed E-state index contributed by atoms with van der Waals surface area (Å²) in [6.07, 6.45) is 4.88. The molecule has 2 aromatic carbocycles. The second-order valence-corrected chi connectivity index (χ2v) is 11.1. The van der Waals surface area contributed by atoms with E-state index >= 15 is 0 Å². The monoisotopic (exact) mass is 531 g/mol. The van der Waals surface area contributed by atoms with Crippen LogP contribution in [0.1, 0.15) is 65.4 Å². The minimum absolute atomic E-state index is 0.0152. The van der Waals surface area contributed by atoms with E-state index in [4.69, 9.17) is 9.47 Å². The van der Waals surface area contributed by atoms with Crippen LogP contribution in [0.4, 0.5) is 16.2 Å². The van der Waals surface area contributed by atoms with Gasteiger partial charge in [-0.15, -0.1) is 0 Å². The van der Waals surface area contributed by atoms with Gasteiger partial charge in [0.2, 0.25) is 5.88 Å². The van der Waals surface area contributed by atoms with Crippen molar-refractivity contribution in [1.29, 1.82) is 0 Å². The molecule has 1 aliphatic rings. The second kappa shape index (κ2) is 11.8. The molecule has 1 aliphatic carbocycles. The summed E-state index contributed by atoms with van der Waals surface area (Å²) in [5.41, 5.74) is 1.33. The number of ether oxygens (including phenoxy) is 2. The van der Waals surface area contributed by atoms with Gasteiger partial charge < -0.3 is 25.2 Å². The van der Waals surface area contributed by atoms with Gasteiger partial charge in [0.25, 0.3) is 0 Å². The SMILES string of the molecule is CCC1(C(=O)O)CCC(Oc2ccc(NC(=O)Nc3cccnc3Oc3ccccc3C(C)(C)C)cc2)CC1. The standard InChI is InChI=1S/C31H37N3O5/c1-5-31(28(35)36)18-16-23(17-19-31)38-22-14-12-21(13-15-22)33-29(37)34-25-10-8-20-32-27(25)39-26-11-7-6-9-24(26)30(2,3)4/h6-15,20,23H,5,16-19H2,1-4H3,(H,35,36)(H2,33,34,37). The van der Waals surface area contributed by atoms with E-state index in [1.165, 1.54) is 0 Å². The third-order valence-corrected chi connectivity index (χ3v) is 7.36. The number of rotatable bonds is 8. The molecule has 3 N–H and O–H groups in total. The Balaban J connectivity index is 1.35. The van der Waals surface area contributed by atoms with Crippen LogP contribution >= 0.6 is 0 Å². The van der Waals surface area contributed by atoms with Crippen molar-refractivity contribution in [2.45, 2.75) is 71.3 Å². The van der Waals surface area contributed by atoms with Gasteiger partial charge in [0.05, 0.1) is 11.5 Å². The van der Waals surface area contributed by atoms with Crippen LogP contribution in [-0.2, 0) is 10.2 Å². The van der Waals surface area contributed by atoms with Crippen LogP contribution in [0, 0.1) is 5.41 Å². The maximum Gasteiger partial charge on any atom is 0.323 e. The Kier molecular flexibility index (Phi) is 8.43. The van der Waals surface area contributed by atoms with E-state index in [9.17, 15) is 14.7 Å². The summed E-state index contributed by atoms with van der Waals surface area (Å²) in [4.78, 5) is 28.8. The van der Waals surface area contributed by atoms with E-state index in [0.29, 0.717) is 60.9 Å². The van der Waals surface area contributed by atoms with Gasteiger partial charge in [-0.3, -0.25) is 4.79 Å². The highest BCUT2D eigenvalue weighted by Gasteiger charge is 2.40. The number of carboxylic acid groups (broad SMARTS) is 1. The van der Waals surface area contributed by atoms with Crippen molar-refractivity contribution in [1.82, 2.24) is 4.98 Å². The van der Waals surface area contributed by atoms with Crippen LogP contribution in [0.5, 0.6) is 17.4 Å². The predicted molar refractivity (Wildman–Crippen MR) is 152 cm³/mol. The Morgan fingerprint density at radius 2 is 1.69 bits per heavy atom. The Morgan fingerprint density at radius 1 is 1.00 bits per heavy atom. The number of carbonyl (C=O) groups is 2. The predicted octanol–water partition coefficient (Wildman–Crippen LogP) is 7.62. The molecule has 8 heteroatoms. The zero-order chi connectivity index (χ0) is 28.0. The Hall–Kier alpha value is -4.07. The summed E-state index contributed by atoms with van der Waals surface area (Å²) in [6, 6.07) is 18.0. The number of para-hydroxylation sites is 1. The van der Waals surface area contributed by atoms with Gasteiger partial charge in [0.1, 0.15) is 17.2 Å². The second-order valence-electron chi connectivity index (χ2n) is 11.1. The summed E-state index contributed by atoms with van der Waals surface area (Å²) >= 11 is 0. The van der Waals surface area contributed by atoms with Gasteiger partial charge in [0, 0.05) is 17.4 Å². The van der Waals surface area contributed by atoms with Gasteiger partial charge in [0.15, 0.2) is 0 Å². The number of hydrogen-bond donors (Lipinski definition) is 3. The topological polar surface area (TPSA) is 110 Å². The minimum atomic E-state index is -0.711. The molecule has 0 aliphatic heterocycles. The zero-order valence-electron chi connectivity index (χ0n) is 23.0. The normalized spacial score (nSPS) is 19.1. The first-order valence-electron chi connectivity index (χ1n) is 13.4. The molecule has 8 nitrogen and oxygen atoms in total. The van der Waals surface area contributed by atoms with Gasteiger partial charge in [-0.25, -0.2) is 9.78 Å². The lowest BCUT2D eigenvalue weighted by molar-refractivity contribution is -0.152. The van der Waals surface area contributed by atoms with Crippen molar-refractivity contribution < 1.29 is 24.2 Å². The molecular formula is C31H37N3O5. The molecule has 0 atom stereocenters. The summed E-state index contributed by atoms with van der Waals surface area (Å²) in [6.45, 7) is 8.27. The van der Waals surface area contributed by atoms with Crippen LogP contribution in [0.3, 0.4) is 0 Å². The van der Waals surface area contributed by atoms with Crippen LogP contribution in [0.25, 0.3) is 0 Å². The molecule has 1 aromatic heterocycles. The largest absolute Gasteiger partial charge is 0.490 e. The first kappa shape index (κ1) is 28.0. The van der Waals surface area contributed by atoms with Crippen LogP contribution in [0.15, 0.2) is 66.9 Å². The van der Waals surface area contributed by atoms with Gasteiger partial charge >= 0.3 is 12.0 Å². The highest BCUT2D eigenvalue weighted by molar-refractivity contribution is 6.00. The Morgan fingerprint density at radius 3 is 2.33 bits per heavy atom. The molecule has 1 heterocycles. The summed E-state index contributed by atoms with van der Waals surface area (Å²) < 4.78 is 12.2. The molecule has 0 spiro atoms. The molecule has 0 bridgehead atoms. The number of carboxylic acids is 1. The summed E-state index contributed by atoms with van der Waals surface area (Å²) in [5, 5.41) is 15.2. The lowest BCUT2D eigenvalue weighted by Crippen LogP contribution is -2.37. The van der Waals surface area contributed by atoms with Crippen molar-refractivity contribution in [3.05, 3.63) is 72.4 Å². The molecule has 1 fully saturated rings. The summed E-state index contributed by atoms with van der Waals surface area (Å²) in [7, 11) is 0. The quantitative estimate of drug-likeness (QED) is 0.276. The lowest BCUT2D eigenvalue weighted by atomic mass is 9.71. The maximum atomic E-state index is 12.8. The van der Waals surface area contributed by atoms with Crippen LogP contribution in [-0.4, -0.2) is 28.2 Å². The molecule has 3 aromatic rings. The first-order chi connectivity index (χ1) is 18.6. The number of benzene rings is 2. The number of urea groups is 1. The number of hydrogen-bond acceptors (Lipinski definition) is 5. The summed E-state index contributed by atoms with van der Waals surface area (Å²) in [5.74, 6) is 0.960. The van der Waals surface area contributed by atoms with Crippen LogP contribution in [0.2, 0.25) is 0 Å². The van der Waals surface area contributed by atoms with E-state index in [2.05, 4.69) is 36.4 Å². The number of carbonyl (C=O) groups excluding carboxylic acids is 1. The molecule has 39 heavy (non-hydrogen) atoms. The van der Waals surface area contributed by atoms with Gasteiger partial charge in [-0.2, -0.15) is 0 Å². The number of anilines is 2. The fraction of sp³-hybridized carbons (Fsp3) is 0.387. The fourth-order valence-electron chi connectivity index (χ4n) is 4.92. The molecule has 2 amide bonds. The molecule has 0 saturated heterocycles. The van der Waals surface area contributed by atoms with E-state index < -0.39 is 17.4 Å². The first-order valence-corrected chi connectivity index (χ1v) is 13.4. The van der Waals surface area contributed by atoms with E-state index in [0.717, 1.165) is 5.56 Å². The molecule has 1 saturated carbocycles. The van der Waals surface area contributed by atoms with E-state index in [1.807, 2.05) is 31.2 Å². The highest BCUT2D eigenvalue weighted by Crippen LogP contribution is 2.41. The number of pyridine rings is 1. The van der Waals surface area contributed by atoms with E-state index in [1.54, 1.807) is 42.6 Å². The maximum absolute atomic E-state index is 12.8. The minimum Gasteiger partial charge on any atom is -0.490 e. The zero-order valence-corrected chi connectivity index (χ0v) is 23.0. The van der Waals surface area contributed by atoms with Crippen molar-refractivity contribution in [3.63, 3.8) is 0 Å². The molecular weight excluding hydrogens is 494 g/mol. The number of aromatic nitrogens is 1. The lowest BCUT2D eigenvalue weighted by Gasteiger charge is -2.36. The fourth-order valence-corrected chi connectivity index (χ4v) is 4.92. The third kappa shape index (κ3) is 6.88. The van der Waals surface area contributed by atoms with Crippen molar-refractivity contribution >= 4 is 23.4 Å². The number of aliphatic carboxylic acids is 1. The Labute approximate surface area is 229 Å². The molecule has 206 valence electrons. The van der Waals surface area contributed by atoms with Crippen molar-refractivity contribution in [2.24, 2.45) is 5.41 Å². The molecule has 0 unspecified atom stereocenters. The molecule has 4 rings (SSSR count). The van der Waals surface area contributed by atoms with Gasteiger partial charge in [-0.05, 0) is 80.0 Å². The van der Waals surface area contributed by atoms with Crippen molar-refractivity contribution in [3.8, 4) is 17.4 Å². The highest BCUT2D eigenvalue weighted by atomic mass is 16.5. The smallest absolute Gasteiger partial charge is 0.323 e. The number of amides is 2. The Bertz CT molecular complexity index is 1290. The van der Waals surface area contributed by atoms with Crippen LogP contribution < -0.4 is 20.1 Å². The number of nitrogens with one attached hydrogen (secondary N) is 2. The number of nitrogens with zero attached hydrogens (tertiary/aromatic N) is 1. The molecule has 0 radical (unpaired) electrons. The average Bonchev–Trinajstić information content (AvgIpc) is 2.91. The van der Waals surface area contributed by atoms with Crippen molar-refractivity contribution in [2.75, 3.05) is 10.6 Å². The van der Waals surface area contributed by atoms with Gasteiger partial charge in [-0.1, -0.05) is 45.9 Å².